The molecule has 0 fully saturated rings. The van der Waals surface area contributed by atoms with Gasteiger partial charge in [-0.05, 0) is 81.6 Å². The maximum Gasteiger partial charge on any atom is 0.160 e. The van der Waals surface area contributed by atoms with E-state index in [0.29, 0.717) is 5.82 Å². The third-order valence-electron chi connectivity index (χ3n) is 9.99. The van der Waals surface area contributed by atoms with Gasteiger partial charge in [-0.15, -0.1) is 0 Å². The molecule has 3 heteroatoms. The zero-order valence-corrected chi connectivity index (χ0v) is 27.7. The third-order valence-corrected chi connectivity index (χ3v) is 9.99. The number of rotatable bonds is 5. The van der Waals surface area contributed by atoms with E-state index >= 15 is 0 Å². The van der Waals surface area contributed by atoms with Crippen molar-refractivity contribution < 1.29 is 0 Å². The molecule has 0 atom stereocenters. The van der Waals surface area contributed by atoms with Gasteiger partial charge in [0.2, 0.25) is 0 Å². The maximum absolute atomic E-state index is 5.23. The van der Waals surface area contributed by atoms with Crippen molar-refractivity contribution in [2.45, 2.75) is 0 Å². The number of fused-ring (bicyclic) bond motifs is 5. The third kappa shape index (κ3) is 5.06. The van der Waals surface area contributed by atoms with Crippen LogP contribution in [0.4, 0.5) is 0 Å². The van der Waals surface area contributed by atoms with E-state index in [9.17, 15) is 0 Å². The van der Waals surface area contributed by atoms with Crippen molar-refractivity contribution in [3.8, 4) is 50.6 Å². The molecular weight excluding hydrogens is 619 g/mol. The van der Waals surface area contributed by atoms with Crippen LogP contribution in [0.15, 0.2) is 188 Å². The monoisotopic (exact) mass is 649 g/mol. The van der Waals surface area contributed by atoms with Crippen LogP contribution in [0.3, 0.4) is 0 Å². The van der Waals surface area contributed by atoms with Gasteiger partial charge in [0.1, 0.15) is 0 Å². The van der Waals surface area contributed by atoms with Gasteiger partial charge in [-0.2, -0.15) is 0 Å². The zero-order chi connectivity index (χ0) is 33.7. The van der Waals surface area contributed by atoms with E-state index in [1.807, 2.05) is 6.07 Å². The fourth-order valence-corrected chi connectivity index (χ4v) is 7.44. The predicted octanol–water partition coefficient (Wildman–Crippen LogP) is 12.5. The molecule has 10 aromatic rings. The van der Waals surface area contributed by atoms with Gasteiger partial charge in [-0.25, -0.2) is 9.97 Å². The van der Waals surface area contributed by atoms with Gasteiger partial charge < -0.3 is 4.57 Å². The Balaban J connectivity index is 1.08. The fourth-order valence-electron chi connectivity index (χ4n) is 7.44. The zero-order valence-electron chi connectivity index (χ0n) is 27.7. The number of para-hydroxylation sites is 2. The van der Waals surface area contributed by atoms with Crippen molar-refractivity contribution in [1.82, 2.24) is 14.5 Å². The van der Waals surface area contributed by atoms with Gasteiger partial charge >= 0.3 is 0 Å². The summed E-state index contributed by atoms with van der Waals surface area (Å²) in [5.41, 5.74) is 12.1. The molecule has 10 rings (SSSR count). The Morgan fingerprint density at radius 3 is 1.75 bits per heavy atom. The summed E-state index contributed by atoms with van der Waals surface area (Å²) in [7, 11) is 0. The van der Waals surface area contributed by atoms with E-state index in [1.54, 1.807) is 0 Å². The number of hydrogen-bond acceptors (Lipinski definition) is 2. The summed E-state index contributed by atoms with van der Waals surface area (Å²) >= 11 is 0. The first-order valence-corrected chi connectivity index (χ1v) is 17.3. The molecule has 0 unspecified atom stereocenters. The lowest BCUT2D eigenvalue weighted by Crippen LogP contribution is -1.96. The number of benzene rings is 8. The molecule has 0 bridgehead atoms. The Kier molecular flexibility index (Phi) is 6.81. The van der Waals surface area contributed by atoms with Crippen molar-refractivity contribution >= 4 is 43.5 Å². The van der Waals surface area contributed by atoms with E-state index in [0.717, 1.165) is 44.5 Å². The fraction of sp³-hybridized carbons (Fsp3) is 0. The van der Waals surface area contributed by atoms with Crippen molar-refractivity contribution in [2.75, 3.05) is 0 Å². The average Bonchev–Trinajstić information content (AvgIpc) is 3.54. The predicted molar refractivity (Wildman–Crippen MR) is 213 cm³/mol. The topological polar surface area (TPSA) is 30.7 Å². The van der Waals surface area contributed by atoms with E-state index in [-0.39, 0.29) is 0 Å². The molecule has 2 aromatic heterocycles. The van der Waals surface area contributed by atoms with Crippen LogP contribution in [0.25, 0.3) is 94.1 Å². The average molecular weight is 650 g/mol. The molecule has 3 nitrogen and oxygen atoms in total. The van der Waals surface area contributed by atoms with E-state index in [2.05, 4.69) is 187 Å². The van der Waals surface area contributed by atoms with Crippen LogP contribution in [0, 0.1) is 0 Å². The van der Waals surface area contributed by atoms with Crippen LogP contribution < -0.4 is 0 Å². The minimum Gasteiger partial charge on any atom is -0.309 e. The molecule has 0 N–H and O–H groups in total. The molecule has 0 spiro atoms. The summed E-state index contributed by atoms with van der Waals surface area (Å²) in [4.78, 5) is 10.4. The van der Waals surface area contributed by atoms with Crippen molar-refractivity contribution in [3.63, 3.8) is 0 Å². The van der Waals surface area contributed by atoms with Gasteiger partial charge in [0.15, 0.2) is 5.82 Å². The second kappa shape index (κ2) is 11.9. The highest BCUT2D eigenvalue weighted by atomic mass is 15.0. The minimum atomic E-state index is 0.717. The summed E-state index contributed by atoms with van der Waals surface area (Å²) in [6.45, 7) is 0. The molecular formula is C48H31N3. The number of nitrogens with zero attached hydrogens (tertiary/aromatic N) is 3. The Hall–Kier alpha value is -6.84. The Labute approximate surface area is 295 Å². The second-order valence-electron chi connectivity index (χ2n) is 13.1. The summed E-state index contributed by atoms with van der Waals surface area (Å²) in [6, 6.07) is 66.8. The van der Waals surface area contributed by atoms with Crippen LogP contribution in [-0.4, -0.2) is 14.5 Å². The van der Waals surface area contributed by atoms with E-state index < -0.39 is 0 Å². The normalized spacial score (nSPS) is 11.5. The van der Waals surface area contributed by atoms with Crippen LogP contribution >= 0.6 is 0 Å². The largest absolute Gasteiger partial charge is 0.309 e. The first-order valence-electron chi connectivity index (χ1n) is 17.3. The Morgan fingerprint density at radius 2 is 0.922 bits per heavy atom. The van der Waals surface area contributed by atoms with Crippen molar-refractivity contribution in [1.29, 1.82) is 0 Å². The second-order valence-corrected chi connectivity index (χ2v) is 13.1. The standard InChI is InChI=1S/C48H31N3/c1-3-12-34(13-4-1)47-43-31-38(39-26-28-46-42(30-39)41-17-9-10-18-45(41)51(46)40-15-5-2-6-16-40)25-27-44(43)49-48(50-47)35-22-19-33(20-23-35)37-24-21-32-11-7-8-14-36(32)29-37/h1-31H. The summed E-state index contributed by atoms with van der Waals surface area (Å²) < 4.78 is 2.35. The quantitative estimate of drug-likeness (QED) is 0.186. The highest BCUT2D eigenvalue weighted by Gasteiger charge is 2.16. The summed E-state index contributed by atoms with van der Waals surface area (Å²) in [6.07, 6.45) is 0. The maximum atomic E-state index is 5.23. The van der Waals surface area contributed by atoms with Gasteiger partial charge in [-0.1, -0.05) is 140 Å². The van der Waals surface area contributed by atoms with Crippen LogP contribution in [-0.2, 0) is 0 Å². The molecule has 0 aliphatic heterocycles. The molecule has 0 saturated heterocycles. The van der Waals surface area contributed by atoms with Crippen LogP contribution in [0.2, 0.25) is 0 Å². The number of aromatic nitrogens is 3. The smallest absolute Gasteiger partial charge is 0.160 e. The van der Waals surface area contributed by atoms with E-state index in [4.69, 9.17) is 9.97 Å². The molecule has 51 heavy (non-hydrogen) atoms. The van der Waals surface area contributed by atoms with Gasteiger partial charge in [0.25, 0.3) is 0 Å². The van der Waals surface area contributed by atoms with E-state index in [1.165, 1.54) is 43.7 Å². The molecule has 0 saturated carbocycles. The molecule has 0 aliphatic carbocycles. The van der Waals surface area contributed by atoms with Gasteiger partial charge in [0, 0.05) is 33.0 Å². The Bertz CT molecular complexity index is 2890. The lowest BCUT2D eigenvalue weighted by molar-refractivity contribution is 1.18. The molecule has 0 aliphatic rings. The molecule has 2 heterocycles. The van der Waals surface area contributed by atoms with Gasteiger partial charge in [0.05, 0.1) is 22.2 Å². The first-order chi connectivity index (χ1) is 25.3. The SMILES string of the molecule is c1ccc(-c2nc(-c3ccc(-c4ccc5ccccc5c4)cc3)nc3ccc(-c4ccc5c(c4)c4ccccc4n5-c4ccccc4)cc23)cc1. The first kappa shape index (κ1) is 29.1. The minimum absolute atomic E-state index is 0.717. The summed E-state index contributed by atoms with van der Waals surface area (Å²) in [5.74, 6) is 0.717. The molecule has 238 valence electrons. The van der Waals surface area contributed by atoms with Crippen LogP contribution in [0.5, 0.6) is 0 Å². The number of hydrogen-bond donors (Lipinski definition) is 0. The molecule has 8 aromatic carbocycles. The van der Waals surface area contributed by atoms with Crippen LogP contribution in [0.1, 0.15) is 0 Å². The lowest BCUT2D eigenvalue weighted by atomic mass is 9.98. The highest BCUT2D eigenvalue weighted by molar-refractivity contribution is 6.10. The van der Waals surface area contributed by atoms with Gasteiger partial charge in [-0.3, -0.25) is 0 Å². The molecule has 0 radical (unpaired) electrons. The highest BCUT2D eigenvalue weighted by Crippen LogP contribution is 2.37. The van der Waals surface area contributed by atoms with Crippen molar-refractivity contribution in [2.24, 2.45) is 0 Å². The Morgan fingerprint density at radius 1 is 0.333 bits per heavy atom. The van der Waals surface area contributed by atoms with Crippen molar-refractivity contribution in [3.05, 3.63) is 188 Å². The summed E-state index contributed by atoms with van der Waals surface area (Å²) in [5, 5.41) is 5.98. The molecule has 0 amide bonds. The lowest BCUT2D eigenvalue weighted by Gasteiger charge is -2.12.